The van der Waals surface area contributed by atoms with E-state index in [2.05, 4.69) is 27.4 Å². The molecule has 2 aromatic rings. The van der Waals surface area contributed by atoms with Crippen LogP contribution in [-0.2, 0) is 0 Å². The summed E-state index contributed by atoms with van der Waals surface area (Å²) in [5.41, 5.74) is 0.977. The molecule has 0 aliphatic heterocycles. The van der Waals surface area contributed by atoms with Crippen LogP contribution in [0.15, 0.2) is 30.6 Å². The summed E-state index contributed by atoms with van der Waals surface area (Å²) < 4.78 is 2.09. The standard InChI is InChI=1S/C13H19N3O/c1-15(9-3-2-4-11-17)13-7-5-6-12-14-8-10-16(12)13/h5-8,10,17H,2-4,9,11H2,1H3. The monoisotopic (exact) mass is 233 g/mol. The first kappa shape index (κ1) is 11.9. The zero-order valence-electron chi connectivity index (χ0n) is 10.2. The van der Waals surface area contributed by atoms with Crippen molar-refractivity contribution in [2.45, 2.75) is 19.3 Å². The summed E-state index contributed by atoms with van der Waals surface area (Å²) in [6, 6.07) is 6.13. The van der Waals surface area contributed by atoms with Gasteiger partial charge in [0, 0.05) is 32.6 Å². The van der Waals surface area contributed by atoms with Gasteiger partial charge in [0.15, 0.2) is 0 Å². The van der Waals surface area contributed by atoms with E-state index in [1.54, 1.807) is 0 Å². The average molecular weight is 233 g/mol. The summed E-state index contributed by atoms with van der Waals surface area (Å²) in [6.07, 6.45) is 6.86. The third kappa shape index (κ3) is 2.77. The molecule has 2 aromatic heterocycles. The number of anilines is 1. The summed E-state index contributed by atoms with van der Waals surface area (Å²) in [7, 11) is 2.09. The Morgan fingerprint density at radius 3 is 3.00 bits per heavy atom. The van der Waals surface area contributed by atoms with Crippen LogP contribution in [0.3, 0.4) is 0 Å². The van der Waals surface area contributed by atoms with Gasteiger partial charge in [0.05, 0.1) is 0 Å². The second-order valence-electron chi connectivity index (χ2n) is 4.25. The molecule has 0 saturated carbocycles. The zero-order chi connectivity index (χ0) is 12.1. The molecule has 17 heavy (non-hydrogen) atoms. The molecule has 4 heteroatoms. The normalized spacial score (nSPS) is 10.9. The number of pyridine rings is 1. The molecule has 2 heterocycles. The molecule has 4 nitrogen and oxygen atoms in total. The van der Waals surface area contributed by atoms with Gasteiger partial charge < -0.3 is 10.0 Å². The SMILES string of the molecule is CN(CCCCCO)c1cccc2nccn12. The predicted octanol–water partition coefficient (Wildman–Crippen LogP) is 1.93. The maximum Gasteiger partial charge on any atom is 0.138 e. The van der Waals surface area contributed by atoms with E-state index >= 15 is 0 Å². The molecule has 0 radical (unpaired) electrons. The van der Waals surface area contributed by atoms with Gasteiger partial charge in [-0.05, 0) is 31.4 Å². The van der Waals surface area contributed by atoms with Crippen molar-refractivity contribution < 1.29 is 5.11 Å². The summed E-state index contributed by atoms with van der Waals surface area (Å²) in [5.74, 6) is 1.16. The highest BCUT2D eigenvalue weighted by atomic mass is 16.2. The van der Waals surface area contributed by atoms with Crippen molar-refractivity contribution in [3.05, 3.63) is 30.6 Å². The minimum Gasteiger partial charge on any atom is -0.396 e. The van der Waals surface area contributed by atoms with Gasteiger partial charge in [-0.3, -0.25) is 4.40 Å². The highest BCUT2D eigenvalue weighted by Crippen LogP contribution is 2.15. The van der Waals surface area contributed by atoms with E-state index in [1.807, 2.05) is 24.5 Å². The quantitative estimate of drug-likeness (QED) is 0.775. The van der Waals surface area contributed by atoms with Crippen molar-refractivity contribution in [1.29, 1.82) is 0 Å². The average Bonchev–Trinajstić information content (AvgIpc) is 2.82. The van der Waals surface area contributed by atoms with Gasteiger partial charge in [-0.2, -0.15) is 0 Å². The van der Waals surface area contributed by atoms with Gasteiger partial charge in [-0.1, -0.05) is 6.07 Å². The van der Waals surface area contributed by atoms with Crippen molar-refractivity contribution in [1.82, 2.24) is 9.38 Å². The highest BCUT2D eigenvalue weighted by molar-refractivity contribution is 5.50. The van der Waals surface area contributed by atoms with E-state index < -0.39 is 0 Å². The second kappa shape index (κ2) is 5.68. The third-order valence-corrected chi connectivity index (χ3v) is 2.95. The lowest BCUT2D eigenvalue weighted by Gasteiger charge is -2.20. The molecule has 0 amide bonds. The fourth-order valence-corrected chi connectivity index (χ4v) is 2.00. The molecule has 1 N–H and O–H groups in total. The van der Waals surface area contributed by atoms with Crippen molar-refractivity contribution in [2.24, 2.45) is 0 Å². The Hall–Kier alpha value is -1.55. The van der Waals surface area contributed by atoms with Crippen LogP contribution in [0.1, 0.15) is 19.3 Å². The smallest absolute Gasteiger partial charge is 0.138 e. The molecule has 0 fully saturated rings. The Balaban J connectivity index is 2.03. The fraction of sp³-hybridized carbons (Fsp3) is 0.462. The van der Waals surface area contributed by atoms with Crippen LogP contribution >= 0.6 is 0 Å². The van der Waals surface area contributed by atoms with Gasteiger partial charge in [-0.15, -0.1) is 0 Å². The summed E-state index contributed by atoms with van der Waals surface area (Å²) in [6.45, 7) is 1.29. The Morgan fingerprint density at radius 2 is 2.18 bits per heavy atom. The van der Waals surface area contributed by atoms with Crippen LogP contribution in [0.25, 0.3) is 5.65 Å². The predicted molar refractivity (Wildman–Crippen MR) is 69.4 cm³/mol. The van der Waals surface area contributed by atoms with Crippen LogP contribution in [0.4, 0.5) is 5.82 Å². The molecule has 0 saturated heterocycles. The number of unbranched alkanes of at least 4 members (excludes halogenated alkanes) is 2. The molecule has 0 aliphatic carbocycles. The molecule has 0 spiro atoms. The first-order chi connectivity index (χ1) is 8.33. The van der Waals surface area contributed by atoms with Crippen molar-refractivity contribution in [2.75, 3.05) is 25.1 Å². The number of imidazole rings is 1. The van der Waals surface area contributed by atoms with Crippen molar-refractivity contribution in [3.8, 4) is 0 Å². The number of aliphatic hydroxyl groups is 1. The lowest BCUT2D eigenvalue weighted by atomic mass is 10.2. The maximum atomic E-state index is 8.74. The van der Waals surface area contributed by atoms with Crippen LogP contribution < -0.4 is 4.90 Å². The van der Waals surface area contributed by atoms with E-state index in [1.165, 1.54) is 0 Å². The van der Waals surface area contributed by atoms with E-state index in [-0.39, 0.29) is 0 Å². The number of hydrogen-bond donors (Lipinski definition) is 1. The summed E-state index contributed by atoms with van der Waals surface area (Å²) >= 11 is 0. The number of fused-ring (bicyclic) bond motifs is 1. The minimum atomic E-state index is 0.292. The molecular weight excluding hydrogens is 214 g/mol. The number of nitrogens with zero attached hydrogens (tertiary/aromatic N) is 3. The summed E-state index contributed by atoms with van der Waals surface area (Å²) in [4.78, 5) is 6.50. The largest absolute Gasteiger partial charge is 0.396 e. The molecule has 2 rings (SSSR count). The van der Waals surface area contributed by atoms with Gasteiger partial charge in [0.2, 0.25) is 0 Å². The number of aromatic nitrogens is 2. The number of aliphatic hydroxyl groups excluding tert-OH is 1. The number of hydrogen-bond acceptors (Lipinski definition) is 3. The fourth-order valence-electron chi connectivity index (χ4n) is 2.00. The molecule has 0 aliphatic rings. The topological polar surface area (TPSA) is 40.8 Å². The van der Waals surface area contributed by atoms with Crippen LogP contribution in [0, 0.1) is 0 Å². The van der Waals surface area contributed by atoms with E-state index in [0.717, 1.165) is 37.3 Å². The molecule has 0 unspecified atom stereocenters. The van der Waals surface area contributed by atoms with Gasteiger partial charge in [-0.25, -0.2) is 4.98 Å². The van der Waals surface area contributed by atoms with Crippen molar-refractivity contribution >= 4 is 11.5 Å². The lowest BCUT2D eigenvalue weighted by Crippen LogP contribution is -2.20. The zero-order valence-corrected chi connectivity index (χ0v) is 10.2. The maximum absolute atomic E-state index is 8.74. The van der Waals surface area contributed by atoms with Gasteiger partial charge >= 0.3 is 0 Å². The van der Waals surface area contributed by atoms with Crippen LogP contribution in [-0.4, -0.2) is 34.7 Å². The van der Waals surface area contributed by atoms with Gasteiger partial charge in [0.1, 0.15) is 11.5 Å². The first-order valence-electron chi connectivity index (χ1n) is 6.07. The molecular formula is C13H19N3O. The Labute approximate surface area is 102 Å². The second-order valence-corrected chi connectivity index (χ2v) is 4.25. The Morgan fingerprint density at radius 1 is 1.29 bits per heavy atom. The van der Waals surface area contributed by atoms with Gasteiger partial charge in [0.25, 0.3) is 0 Å². The number of rotatable bonds is 6. The van der Waals surface area contributed by atoms with E-state index in [9.17, 15) is 0 Å². The molecule has 92 valence electrons. The van der Waals surface area contributed by atoms with E-state index in [4.69, 9.17) is 5.11 Å². The van der Waals surface area contributed by atoms with Crippen LogP contribution in [0.5, 0.6) is 0 Å². The molecule has 0 aromatic carbocycles. The lowest BCUT2D eigenvalue weighted by molar-refractivity contribution is 0.283. The van der Waals surface area contributed by atoms with Crippen molar-refractivity contribution in [3.63, 3.8) is 0 Å². The highest BCUT2D eigenvalue weighted by Gasteiger charge is 2.05. The van der Waals surface area contributed by atoms with Crippen LogP contribution in [0.2, 0.25) is 0 Å². The Bertz CT molecular complexity index is 466. The Kier molecular flexibility index (Phi) is 3.98. The minimum absolute atomic E-state index is 0.292. The first-order valence-corrected chi connectivity index (χ1v) is 6.07. The third-order valence-electron chi connectivity index (χ3n) is 2.95. The molecule has 0 atom stereocenters. The molecule has 0 bridgehead atoms. The van der Waals surface area contributed by atoms with E-state index in [0.29, 0.717) is 6.61 Å². The summed E-state index contributed by atoms with van der Waals surface area (Å²) in [5, 5.41) is 8.74.